The number of esters is 1. The summed E-state index contributed by atoms with van der Waals surface area (Å²) in [6.07, 6.45) is 10.1. The summed E-state index contributed by atoms with van der Waals surface area (Å²) in [5.41, 5.74) is 0.484. The molecule has 0 aromatic rings. The summed E-state index contributed by atoms with van der Waals surface area (Å²) in [6.45, 7) is 15.8. The van der Waals surface area contributed by atoms with E-state index in [2.05, 4.69) is 54.5 Å². The molecule has 4 heteroatoms. The van der Waals surface area contributed by atoms with E-state index in [0.717, 1.165) is 51.4 Å². The van der Waals surface area contributed by atoms with Crippen LogP contribution in [0.1, 0.15) is 106 Å². The van der Waals surface area contributed by atoms with Crippen LogP contribution in [0.3, 0.4) is 0 Å². The van der Waals surface area contributed by atoms with Crippen LogP contribution in [0.2, 0.25) is 0 Å². The summed E-state index contributed by atoms with van der Waals surface area (Å²) in [7, 11) is 0. The van der Waals surface area contributed by atoms with Crippen molar-refractivity contribution in [3.8, 4) is 0 Å². The monoisotopic (exact) mass is 472 g/mol. The first-order valence-electron chi connectivity index (χ1n) is 14.0. The Labute approximate surface area is 206 Å². The van der Waals surface area contributed by atoms with Crippen LogP contribution in [-0.4, -0.2) is 34.0 Å². The van der Waals surface area contributed by atoms with E-state index in [4.69, 9.17) is 4.74 Å². The van der Waals surface area contributed by atoms with E-state index in [1.54, 1.807) is 5.57 Å². The van der Waals surface area contributed by atoms with Gasteiger partial charge in [0.25, 0.3) is 0 Å². The van der Waals surface area contributed by atoms with Gasteiger partial charge in [0.1, 0.15) is 5.60 Å². The fourth-order valence-electron chi connectivity index (χ4n) is 10.4. The molecule has 4 fully saturated rings. The van der Waals surface area contributed by atoms with Gasteiger partial charge in [-0.15, -0.1) is 0 Å². The van der Waals surface area contributed by atoms with Crippen LogP contribution in [0.25, 0.3) is 0 Å². The van der Waals surface area contributed by atoms with Crippen molar-refractivity contribution in [2.45, 2.75) is 124 Å². The van der Waals surface area contributed by atoms with Gasteiger partial charge in [-0.1, -0.05) is 53.2 Å². The third kappa shape index (κ3) is 3.00. The Morgan fingerprint density at radius 2 is 1.74 bits per heavy atom. The summed E-state index contributed by atoms with van der Waals surface area (Å²) in [5.74, 6) is 1.49. The Kier molecular flexibility index (Phi) is 5.52. The molecule has 9 atom stereocenters. The predicted octanol–water partition coefficient (Wildman–Crippen LogP) is 6.05. The average molecular weight is 473 g/mol. The van der Waals surface area contributed by atoms with Crippen molar-refractivity contribution in [3.05, 3.63) is 11.6 Å². The topological polar surface area (TPSA) is 66.8 Å². The number of hydrogen-bond donors (Lipinski definition) is 2. The highest BCUT2D eigenvalue weighted by Gasteiger charge is 2.76. The lowest BCUT2D eigenvalue weighted by Crippen LogP contribution is -2.58. The average Bonchev–Trinajstić information content (AvgIpc) is 3.15. The summed E-state index contributed by atoms with van der Waals surface area (Å²) < 4.78 is 6.29. The lowest BCUT2D eigenvalue weighted by molar-refractivity contribution is -0.164. The molecule has 0 bridgehead atoms. The van der Waals surface area contributed by atoms with E-state index in [0.29, 0.717) is 24.2 Å². The molecule has 9 unspecified atom stereocenters. The Bertz CT molecular complexity index is 890. The van der Waals surface area contributed by atoms with Gasteiger partial charge >= 0.3 is 5.97 Å². The molecule has 1 heterocycles. The molecule has 2 N–H and O–H groups in total. The van der Waals surface area contributed by atoms with E-state index >= 15 is 0 Å². The minimum atomic E-state index is -0.577. The maximum Gasteiger partial charge on any atom is 0.313 e. The maximum atomic E-state index is 13.9. The fourth-order valence-corrected chi connectivity index (χ4v) is 10.4. The Balaban J connectivity index is 1.51. The zero-order chi connectivity index (χ0) is 24.9. The number of fused-ring (bicyclic) bond motifs is 4. The van der Waals surface area contributed by atoms with Gasteiger partial charge in [-0.05, 0) is 92.3 Å². The molecule has 0 aromatic heterocycles. The van der Waals surface area contributed by atoms with Gasteiger partial charge in [0, 0.05) is 12.3 Å². The van der Waals surface area contributed by atoms with Crippen molar-refractivity contribution < 1.29 is 19.7 Å². The maximum absolute atomic E-state index is 13.9. The molecule has 0 aromatic carbocycles. The first kappa shape index (κ1) is 24.8. The zero-order valence-electron chi connectivity index (χ0n) is 22.6. The van der Waals surface area contributed by atoms with Crippen LogP contribution in [0.15, 0.2) is 11.6 Å². The molecule has 1 saturated heterocycles. The number of rotatable bonds is 4. The highest BCUT2D eigenvalue weighted by atomic mass is 16.6. The second-order valence-electron chi connectivity index (χ2n) is 14.5. The van der Waals surface area contributed by atoms with Crippen molar-refractivity contribution in [1.82, 2.24) is 0 Å². The van der Waals surface area contributed by atoms with Crippen LogP contribution >= 0.6 is 0 Å². The third-order valence-electron chi connectivity index (χ3n) is 12.0. The van der Waals surface area contributed by atoms with E-state index < -0.39 is 17.1 Å². The number of aliphatic hydroxyl groups is 2. The minimum absolute atomic E-state index is 0.00119. The second kappa shape index (κ2) is 7.57. The Hall–Kier alpha value is -0.870. The number of carbonyl (C=O) groups excluding carboxylic acids is 1. The number of ether oxygens (including phenoxy) is 1. The quantitative estimate of drug-likeness (QED) is 0.386. The highest BCUT2D eigenvalue weighted by Crippen LogP contribution is 2.75. The molecule has 0 radical (unpaired) electrons. The van der Waals surface area contributed by atoms with Gasteiger partial charge in [0.2, 0.25) is 0 Å². The number of cyclic esters (lactones) is 1. The van der Waals surface area contributed by atoms with Crippen LogP contribution in [-0.2, 0) is 9.53 Å². The van der Waals surface area contributed by atoms with Gasteiger partial charge in [-0.2, -0.15) is 0 Å². The summed E-state index contributed by atoms with van der Waals surface area (Å²) in [6, 6.07) is 0. The second-order valence-corrected chi connectivity index (χ2v) is 14.5. The molecule has 1 spiro atoms. The lowest BCUT2D eigenvalue weighted by Gasteiger charge is -2.63. The molecule has 3 saturated carbocycles. The number of hydrogen-bond acceptors (Lipinski definition) is 4. The number of allylic oxidation sites excluding steroid dienone is 2. The summed E-state index contributed by atoms with van der Waals surface area (Å²) in [5, 5.41) is 21.6. The number of aliphatic hydroxyl groups excluding tert-OH is 2. The summed E-state index contributed by atoms with van der Waals surface area (Å²) in [4.78, 5) is 13.9. The Morgan fingerprint density at radius 1 is 1.03 bits per heavy atom. The highest BCUT2D eigenvalue weighted by molar-refractivity contribution is 5.83. The van der Waals surface area contributed by atoms with E-state index in [1.165, 1.54) is 0 Å². The van der Waals surface area contributed by atoms with E-state index in [9.17, 15) is 15.0 Å². The van der Waals surface area contributed by atoms with Gasteiger partial charge in [0.15, 0.2) is 0 Å². The molecular weight excluding hydrogens is 424 g/mol. The van der Waals surface area contributed by atoms with E-state index in [-0.39, 0.29) is 34.2 Å². The van der Waals surface area contributed by atoms with Gasteiger partial charge < -0.3 is 14.9 Å². The SMILES string of the molecule is CC(C)CC(O)CC1(C)OC(=O)C23CC=C4C(CCC5C4(C)CCC(O)C5(C)C)C2(C)CCC13. The van der Waals surface area contributed by atoms with Gasteiger partial charge in [-0.3, -0.25) is 4.79 Å². The van der Waals surface area contributed by atoms with Crippen molar-refractivity contribution in [2.75, 3.05) is 0 Å². The smallest absolute Gasteiger partial charge is 0.313 e. The third-order valence-corrected chi connectivity index (χ3v) is 12.0. The molecule has 5 aliphatic rings. The molecule has 34 heavy (non-hydrogen) atoms. The molecular formula is C30H48O4. The van der Waals surface area contributed by atoms with Crippen molar-refractivity contribution in [3.63, 3.8) is 0 Å². The van der Waals surface area contributed by atoms with Crippen molar-refractivity contribution in [1.29, 1.82) is 0 Å². The zero-order valence-corrected chi connectivity index (χ0v) is 22.6. The van der Waals surface area contributed by atoms with Crippen LogP contribution in [0.5, 0.6) is 0 Å². The first-order valence-corrected chi connectivity index (χ1v) is 14.0. The fraction of sp³-hybridized carbons (Fsp3) is 0.900. The molecule has 5 rings (SSSR count). The lowest BCUT2D eigenvalue weighted by atomic mass is 9.41. The van der Waals surface area contributed by atoms with Crippen LogP contribution in [0, 0.1) is 45.3 Å². The van der Waals surface area contributed by atoms with Gasteiger partial charge in [-0.25, -0.2) is 0 Å². The standard InChI is InChI=1S/C30H48O4/c1-18(2)16-19(31)17-29(7)23-11-14-28(6)21-8-9-22-26(3,4)24(32)12-13-27(22,5)20(21)10-15-30(23,28)25(33)34-29/h10,18-19,21-24,31-32H,8-9,11-17H2,1-7H3. The van der Waals surface area contributed by atoms with Gasteiger partial charge in [0.05, 0.1) is 17.6 Å². The molecule has 1 aliphatic heterocycles. The van der Waals surface area contributed by atoms with E-state index in [1.807, 2.05) is 0 Å². The van der Waals surface area contributed by atoms with Crippen LogP contribution < -0.4 is 0 Å². The summed E-state index contributed by atoms with van der Waals surface area (Å²) >= 11 is 0. The predicted molar refractivity (Wildman–Crippen MR) is 134 cm³/mol. The number of carbonyl (C=O) groups is 1. The van der Waals surface area contributed by atoms with Crippen molar-refractivity contribution in [2.24, 2.45) is 45.3 Å². The largest absolute Gasteiger partial charge is 0.458 e. The molecule has 4 aliphatic carbocycles. The minimum Gasteiger partial charge on any atom is -0.458 e. The molecule has 192 valence electrons. The normalized spacial score (nSPS) is 50.1. The molecule has 0 amide bonds. The first-order chi connectivity index (χ1) is 15.7. The van der Waals surface area contributed by atoms with Crippen molar-refractivity contribution >= 4 is 5.97 Å². The van der Waals surface area contributed by atoms with Crippen LogP contribution in [0.4, 0.5) is 0 Å². The Morgan fingerprint density at radius 3 is 2.41 bits per heavy atom. The molecule has 4 nitrogen and oxygen atoms in total.